The first-order chi connectivity index (χ1) is 7.41. The predicted molar refractivity (Wildman–Crippen MR) is 55.7 cm³/mol. The van der Waals surface area contributed by atoms with Crippen LogP contribution in [0, 0.1) is 0 Å². The molecule has 0 saturated heterocycles. The Kier molecular flexibility index (Phi) is 4.37. The monoisotopic (exact) mass is 268 g/mol. The smallest absolute Gasteiger partial charge is 0.337 e. The van der Waals surface area contributed by atoms with Gasteiger partial charge in [-0.2, -0.15) is 0 Å². The highest BCUT2D eigenvalue weighted by Gasteiger charge is 2.15. The van der Waals surface area contributed by atoms with E-state index in [1.54, 1.807) is 0 Å². The van der Waals surface area contributed by atoms with Crippen molar-refractivity contribution in [1.82, 2.24) is 0 Å². The lowest BCUT2D eigenvalue weighted by Gasteiger charge is -2.04. The van der Waals surface area contributed by atoms with Crippen LogP contribution < -0.4 is 0 Å². The fourth-order valence-corrected chi connectivity index (χ4v) is 2.11. The van der Waals surface area contributed by atoms with Crippen LogP contribution in [0.15, 0.2) is 23.1 Å². The number of carbonyl (C=O) groups is 1. The van der Waals surface area contributed by atoms with Crippen molar-refractivity contribution in [2.75, 3.05) is 5.75 Å². The molecule has 16 heavy (non-hydrogen) atoms. The molecule has 88 valence electrons. The number of aromatic carboxylic acids is 1. The van der Waals surface area contributed by atoms with E-state index in [-0.39, 0.29) is 15.5 Å². The normalized spacial score (nSPS) is 12.8. The first-order valence-electron chi connectivity index (χ1n) is 4.11. The van der Waals surface area contributed by atoms with Gasteiger partial charge in [-0.15, -0.1) is 0 Å². The van der Waals surface area contributed by atoms with E-state index in [9.17, 15) is 17.8 Å². The highest BCUT2D eigenvalue weighted by Crippen LogP contribution is 2.20. The van der Waals surface area contributed by atoms with E-state index in [0.29, 0.717) is 0 Å². The van der Waals surface area contributed by atoms with Gasteiger partial charge >= 0.3 is 5.97 Å². The number of carboxylic acid groups (broad SMARTS) is 1. The van der Waals surface area contributed by atoms with E-state index in [1.165, 1.54) is 12.1 Å². The summed E-state index contributed by atoms with van der Waals surface area (Å²) in [6, 6.07) is 3.54. The molecule has 1 rings (SSSR count). The summed E-state index contributed by atoms with van der Waals surface area (Å²) in [7, 11) is -1.92. The Morgan fingerprint density at radius 2 is 2.12 bits per heavy atom. The quantitative estimate of drug-likeness (QED) is 0.912. The zero-order valence-corrected chi connectivity index (χ0v) is 9.39. The van der Waals surface area contributed by atoms with Gasteiger partial charge in [-0.1, -0.05) is 11.6 Å². The second-order valence-corrected chi connectivity index (χ2v) is 4.75. The number of hydrogen-bond acceptors (Lipinski definition) is 2. The van der Waals surface area contributed by atoms with Crippen LogP contribution in [-0.2, 0) is 10.8 Å². The van der Waals surface area contributed by atoms with Gasteiger partial charge in [0, 0.05) is 4.90 Å². The maximum Gasteiger partial charge on any atom is 0.337 e. The molecule has 0 saturated carbocycles. The van der Waals surface area contributed by atoms with Gasteiger partial charge in [-0.3, -0.25) is 4.21 Å². The lowest BCUT2D eigenvalue weighted by Crippen LogP contribution is -2.08. The van der Waals surface area contributed by atoms with Gasteiger partial charge in [-0.05, 0) is 18.2 Å². The molecule has 0 fully saturated rings. The number of benzene rings is 1. The van der Waals surface area contributed by atoms with Gasteiger partial charge < -0.3 is 5.11 Å². The lowest BCUT2D eigenvalue weighted by atomic mass is 10.2. The number of alkyl halides is 2. The molecule has 0 aromatic heterocycles. The molecule has 0 amide bonds. The minimum atomic E-state index is -2.70. The van der Waals surface area contributed by atoms with Gasteiger partial charge in [0.05, 0.1) is 27.1 Å². The van der Waals surface area contributed by atoms with Crippen LogP contribution >= 0.6 is 11.6 Å². The van der Waals surface area contributed by atoms with E-state index < -0.39 is 28.9 Å². The molecular weight excluding hydrogens is 262 g/mol. The van der Waals surface area contributed by atoms with Crippen LogP contribution in [0.5, 0.6) is 0 Å². The third-order valence-corrected chi connectivity index (χ3v) is 3.37. The molecule has 0 radical (unpaired) electrons. The molecular formula is C9H7ClF2O3S. The van der Waals surface area contributed by atoms with Crippen LogP contribution in [-0.4, -0.2) is 27.5 Å². The molecule has 0 bridgehead atoms. The maximum absolute atomic E-state index is 12.0. The van der Waals surface area contributed by atoms with Crippen molar-refractivity contribution in [3.8, 4) is 0 Å². The molecule has 0 aliphatic carbocycles. The third-order valence-electron chi connectivity index (χ3n) is 1.71. The summed E-state index contributed by atoms with van der Waals surface area (Å²) in [6.07, 6.45) is -2.70. The van der Waals surface area contributed by atoms with Crippen molar-refractivity contribution in [2.45, 2.75) is 11.3 Å². The van der Waals surface area contributed by atoms with Crippen LogP contribution in [0.4, 0.5) is 8.78 Å². The third kappa shape index (κ3) is 3.24. The second kappa shape index (κ2) is 5.36. The van der Waals surface area contributed by atoms with Gasteiger partial charge in [0.15, 0.2) is 0 Å². The Labute approximate surface area is 97.5 Å². The summed E-state index contributed by atoms with van der Waals surface area (Å²) in [6.45, 7) is 0. The summed E-state index contributed by atoms with van der Waals surface area (Å²) in [5.74, 6) is -2.11. The molecule has 0 spiro atoms. The van der Waals surface area contributed by atoms with Crippen LogP contribution in [0.25, 0.3) is 0 Å². The summed E-state index contributed by atoms with van der Waals surface area (Å²) in [5, 5.41) is 8.70. The zero-order chi connectivity index (χ0) is 12.3. The Balaban J connectivity index is 3.03. The van der Waals surface area contributed by atoms with Gasteiger partial charge in [-0.25, -0.2) is 13.6 Å². The van der Waals surface area contributed by atoms with Crippen molar-refractivity contribution in [1.29, 1.82) is 0 Å². The number of hydrogen-bond donors (Lipinski definition) is 1. The summed E-state index contributed by atoms with van der Waals surface area (Å²) < 4.78 is 35.3. The fourth-order valence-electron chi connectivity index (χ4n) is 1.02. The van der Waals surface area contributed by atoms with Crippen molar-refractivity contribution in [3.05, 3.63) is 28.8 Å². The van der Waals surface area contributed by atoms with Crippen LogP contribution in [0.3, 0.4) is 0 Å². The van der Waals surface area contributed by atoms with Crippen molar-refractivity contribution in [3.63, 3.8) is 0 Å². The van der Waals surface area contributed by atoms with E-state index in [2.05, 4.69) is 0 Å². The highest BCUT2D eigenvalue weighted by molar-refractivity contribution is 7.85. The Morgan fingerprint density at radius 3 is 2.62 bits per heavy atom. The summed E-state index contributed by atoms with van der Waals surface area (Å²) in [4.78, 5) is 10.7. The Bertz CT molecular complexity index is 437. The SMILES string of the molecule is O=C(O)c1cc(S(=O)CC(F)F)ccc1Cl. The van der Waals surface area contributed by atoms with Crippen molar-refractivity contribution < 1.29 is 22.9 Å². The van der Waals surface area contributed by atoms with Crippen molar-refractivity contribution in [2.24, 2.45) is 0 Å². The highest BCUT2D eigenvalue weighted by atomic mass is 35.5. The average molecular weight is 269 g/mol. The standard InChI is InChI=1S/C9H7ClF2O3S/c10-7-2-1-5(3-6(7)9(13)14)16(15)4-8(11)12/h1-3,8H,4H2,(H,13,14). The topological polar surface area (TPSA) is 54.4 Å². The largest absolute Gasteiger partial charge is 0.478 e. The van der Waals surface area contributed by atoms with E-state index in [4.69, 9.17) is 16.7 Å². The number of carboxylic acids is 1. The lowest BCUT2D eigenvalue weighted by molar-refractivity contribution is 0.0697. The summed E-state index contributed by atoms with van der Waals surface area (Å²) >= 11 is 5.57. The summed E-state index contributed by atoms with van der Waals surface area (Å²) in [5.41, 5.74) is -0.248. The van der Waals surface area contributed by atoms with E-state index in [1.807, 2.05) is 0 Å². The molecule has 0 aliphatic rings. The Hall–Kier alpha value is -1.01. The van der Waals surface area contributed by atoms with E-state index >= 15 is 0 Å². The maximum atomic E-state index is 12.0. The molecule has 1 unspecified atom stereocenters. The van der Waals surface area contributed by atoms with Crippen molar-refractivity contribution >= 4 is 28.4 Å². The molecule has 3 nitrogen and oxygen atoms in total. The number of halogens is 3. The predicted octanol–water partition coefficient (Wildman–Crippen LogP) is 2.41. The molecule has 7 heteroatoms. The first kappa shape index (κ1) is 13.1. The average Bonchev–Trinajstić information content (AvgIpc) is 2.16. The molecule has 1 aromatic rings. The minimum Gasteiger partial charge on any atom is -0.478 e. The van der Waals surface area contributed by atoms with Crippen LogP contribution in [0.2, 0.25) is 5.02 Å². The molecule has 0 heterocycles. The molecule has 1 N–H and O–H groups in total. The molecule has 1 aromatic carbocycles. The second-order valence-electron chi connectivity index (χ2n) is 2.85. The molecule has 0 aliphatic heterocycles. The van der Waals surface area contributed by atoms with Gasteiger partial charge in [0.25, 0.3) is 0 Å². The minimum absolute atomic E-state index is 0.0229. The Morgan fingerprint density at radius 1 is 1.50 bits per heavy atom. The van der Waals surface area contributed by atoms with E-state index in [0.717, 1.165) is 6.07 Å². The number of rotatable bonds is 4. The zero-order valence-electron chi connectivity index (χ0n) is 7.82. The first-order valence-corrected chi connectivity index (χ1v) is 5.81. The van der Waals surface area contributed by atoms with Gasteiger partial charge in [0.1, 0.15) is 0 Å². The van der Waals surface area contributed by atoms with Gasteiger partial charge in [0.2, 0.25) is 6.43 Å². The van der Waals surface area contributed by atoms with Crippen LogP contribution in [0.1, 0.15) is 10.4 Å². The molecule has 1 atom stereocenters. The fraction of sp³-hybridized carbons (Fsp3) is 0.222.